The molecule has 0 aromatic carbocycles. The van der Waals surface area contributed by atoms with Crippen molar-refractivity contribution in [3.8, 4) is 0 Å². The van der Waals surface area contributed by atoms with Crippen molar-refractivity contribution in [1.29, 1.82) is 0 Å². The molecule has 1 fully saturated rings. The molecule has 0 aliphatic carbocycles. The van der Waals surface area contributed by atoms with Gasteiger partial charge in [-0.1, -0.05) is 0 Å². The molecule has 142 valence electrons. The fraction of sp³-hybridized carbons (Fsp3) is 0.500. The molecule has 2 heterocycles. The highest BCUT2D eigenvalue weighted by Crippen LogP contribution is 2.34. The van der Waals surface area contributed by atoms with Crippen LogP contribution in [0.1, 0.15) is 16.7 Å². The van der Waals surface area contributed by atoms with Crippen LogP contribution in [0.25, 0.3) is 0 Å². The summed E-state index contributed by atoms with van der Waals surface area (Å²) in [7, 11) is -5.12. The summed E-state index contributed by atoms with van der Waals surface area (Å²) in [5.74, 6) is -2.61. The van der Waals surface area contributed by atoms with Gasteiger partial charge in [-0.25, -0.2) is 4.98 Å². The number of phosphoric ester groups is 1. The highest BCUT2D eigenvalue weighted by atomic mass is 31.2. The van der Waals surface area contributed by atoms with Crippen LogP contribution < -0.4 is 22.3 Å². The van der Waals surface area contributed by atoms with Gasteiger partial charge in [-0.3, -0.25) is 18.7 Å². The molecule has 25 heavy (non-hydrogen) atoms. The lowest BCUT2D eigenvalue weighted by molar-refractivity contribution is -0.222. The van der Waals surface area contributed by atoms with Crippen molar-refractivity contribution in [2.24, 2.45) is 5.73 Å². The molecule has 0 radical (unpaired) electrons. The van der Waals surface area contributed by atoms with Crippen molar-refractivity contribution >= 4 is 13.7 Å². The molecule has 5 unspecified atom stereocenters. The van der Waals surface area contributed by atoms with Crippen LogP contribution in [0.4, 0.5) is 4.39 Å². The first-order valence-corrected chi connectivity index (χ1v) is 7.79. The summed E-state index contributed by atoms with van der Waals surface area (Å²) in [5.41, 5.74) is 2.73. The van der Waals surface area contributed by atoms with E-state index in [1.807, 2.05) is 0 Å². The van der Waals surface area contributed by atoms with Crippen LogP contribution in [0.2, 0.25) is 0 Å². The molecule has 9 N–H and O–H groups in total. The summed E-state index contributed by atoms with van der Waals surface area (Å²) < 4.78 is 33.5. The number of halogens is 1. The predicted octanol–water partition coefficient (Wildman–Crippen LogP) is -3.05. The maximum Gasteiger partial charge on any atom is 0.284 e. The Hall–Kier alpha value is -1.77. The number of nitrogens with two attached hydrogens (primary N) is 1. The molecule has 1 aliphatic heterocycles. The number of primary amides is 1. The number of carbonyl (C=O) groups is 1. The molecule has 0 bridgehead atoms. The Morgan fingerprint density at radius 2 is 2.12 bits per heavy atom. The van der Waals surface area contributed by atoms with E-state index in [0.29, 0.717) is 10.8 Å². The number of amides is 1. The van der Waals surface area contributed by atoms with Crippen LogP contribution in [0.5, 0.6) is 0 Å². The number of rotatable bonds is 5. The van der Waals surface area contributed by atoms with E-state index in [4.69, 9.17) is 15.4 Å². The standard InChI is InChI=1S/C10H13FN3O9P.H3N/c11-4-1-14(9(18)5(13-4)8(12)17)10-7(16)6(15)3(23-10)2-22-24(19,20)21;/h1,3,6-7,10,15-16H,2H2,(H2,12,17)(H2,19,20,21);1H3. The molecule has 1 saturated heterocycles. The minimum atomic E-state index is -5.12. The zero-order valence-corrected chi connectivity index (χ0v) is 13.6. The summed E-state index contributed by atoms with van der Waals surface area (Å²) in [5, 5.41) is 19.7. The van der Waals surface area contributed by atoms with E-state index in [0.717, 1.165) is 0 Å². The topological polar surface area (TPSA) is 234 Å². The van der Waals surface area contributed by atoms with Crippen LogP contribution in [0, 0.1) is 5.95 Å². The molecule has 13 nitrogen and oxygen atoms in total. The lowest BCUT2D eigenvalue weighted by Gasteiger charge is -2.20. The number of hydrogen-bond donors (Lipinski definition) is 5. The van der Waals surface area contributed by atoms with Crippen LogP contribution in [0.3, 0.4) is 0 Å². The maximum absolute atomic E-state index is 13.4. The second-order valence-electron chi connectivity index (χ2n) is 4.80. The first-order chi connectivity index (χ1) is 11.0. The lowest BCUT2D eigenvalue weighted by Crippen LogP contribution is -2.38. The van der Waals surface area contributed by atoms with Gasteiger partial charge in [-0.15, -0.1) is 0 Å². The number of aromatic nitrogens is 2. The van der Waals surface area contributed by atoms with Gasteiger partial charge in [0.05, 0.1) is 12.8 Å². The molecule has 1 aromatic heterocycles. The van der Waals surface area contributed by atoms with E-state index < -0.39 is 62.1 Å². The summed E-state index contributed by atoms with van der Waals surface area (Å²) in [4.78, 5) is 45.2. The van der Waals surface area contributed by atoms with Crippen molar-refractivity contribution in [2.45, 2.75) is 24.5 Å². The van der Waals surface area contributed by atoms with Crippen molar-refractivity contribution in [3.05, 3.63) is 28.2 Å². The lowest BCUT2D eigenvalue weighted by atomic mass is 10.1. The number of aliphatic hydroxyl groups is 2. The molecule has 15 heteroatoms. The van der Waals surface area contributed by atoms with Gasteiger partial charge >= 0.3 is 0 Å². The van der Waals surface area contributed by atoms with Crippen LogP contribution in [-0.4, -0.2) is 55.5 Å². The Bertz CT molecular complexity index is 752. The summed E-state index contributed by atoms with van der Waals surface area (Å²) in [6, 6.07) is 0. The van der Waals surface area contributed by atoms with Gasteiger partial charge in [0.25, 0.3) is 19.3 Å². The number of hydrogen-bond acceptors (Lipinski definition) is 9. The van der Waals surface area contributed by atoms with E-state index in [1.54, 1.807) is 0 Å². The van der Waals surface area contributed by atoms with Crippen LogP contribution in [-0.2, 0) is 13.8 Å². The van der Waals surface area contributed by atoms with Gasteiger partial charge < -0.3 is 41.1 Å². The molecule has 5 atom stereocenters. The average molecular weight is 386 g/mol. The van der Waals surface area contributed by atoms with E-state index in [-0.39, 0.29) is 6.15 Å². The van der Waals surface area contributed by atoms with E-state index >= 15 is 0 Å². The van der Waals surface area contributed by atoms with Crippen LogP contribution in [0.15, 0.2) is 11.0 Å². The molecular formula is C10H16FN4O9P. The predicted molar refractivity (Wildman–Crippen MR) is 74.7 cm³/mol. The molecule has 0 saturated carbocycles. The number of aliphatic hydroxyl groups excluding tert-OH is 2. The van der Waals surface area contributed by atoms with Crippen molar-refractivity contribution < 1.29 is 43.0 Å². The average Bonchev–Trinajstić information content (AvgIpc) is 2.74. The smallest absolute Gasteiger partial charge is 0.284 e. The molecular weight excluding hydrogens is 370 g/mol. The third kappa shape index (κ3) is 4.65. The van der Waals surface area contributed by atoms with Gasteiger partial charge in [0.2, 0.25) is 5.95 Å². The monoisotopic (exact) mass is 386 g/mol. The Morgan fingerprint density at radius 3 is 2.64 bits per heavy atom. The van der Waals surface area contributed by atoms with Gasteiger partial charge in [-0.05, 0) is 0 Å². The Labute approximate surface area is 138 Å². The van der Waals surface area contributed by atoms with Crippen molar-refractivity contribution in [3.63, 3.8) is 0 Å². The zero-order valence-electron chi connectivity index (χ0n) is 12.7. The number of phosphoric acid groups is 1. The summed E-state index contributed by atoms with van der Waals surface area (Å²) >= 11 is 0. The second kappa shape index (κ2) is 7.63. The van der Waals surface area contributed by atoms with Gasteiger partial charge in [0.1, 0.15) is 18.3 Å². The fourth-order valence-electron chi connectivity index (χ4n) is 2.09. The number of carbonyl (C=O) groups excluding carboxylic acids is 1. The molecule has 2 rings (SSSR count). The summed E-state index contributed by atoms with van der Waals surface area (Å²) in [6.07, 6.45) is -6.19. The van der Waals surface area contributed by atoms with E-state index in [1.165, 1.54) is 0 Å². The van der Waals surface area contributed by atoms with Crippen molar-refractivity contribution in [1.82, 2.24) is 15.7 Å². The normalized spacial score (nSPS) is 28.2. The molecule has 1 aromatic rings. The first-order valence-electron chi connectivity index (χ1n) is 6.29. The highest BCUT2D eigenvalue weighted by molar-refractivity contribution is 7.44. The third-order valence-corrected chi connectivity index (χ3v) is 3.62. The third-order valence-electron chi connectivity index (χ3n) is 3.15. The number of nitrogens with zero attached hydrogens (tertiary/aromatic N) is 2. The SMILES string of the molecule is NC(=O)c1nc(F)cn(C2OC(COP(=O)([O-])O)C(O)C2O)c1=O.[NH4+]. The van der Waals surface area contributed by atoms with Gasteiger partial charge in [0.15, 0.2) is 11.9 Å². The Morgan fingerprint density at radius 1 is 1.52 bits per heavy atom. The molecule has 1 aliphatic rings. The van der Waals surface area contributed by atoms with Crippen LogP contribution >= 0.6 is 7.82 Å². The highest BCUT2D eigenvalue weighted by Gasteiger charge is 2.45. The summed E-state index contributed by atoms with van der Waals surface area (Å²) in [6.45, 7) is -0.878. The number of ether oxygens (including phenoxy) is 1. The minimum Gasteiger partial charge on any atom is -0.756 e. The fourth-order valence-corrected chi connectivity index (χ4v) is 2.43. The van der Waals surface area contributed by atoms with Gasteiger partial charge in [0, 0.05) is 0 Å². The zero-order chi connectivity index (χ0) is 18.2. The van der Waals surface area contributed by atoms with E-state index in [2.05, 4.69) is 9.51 Å². The minimum absolute atomic E-state index is 0. The number of quaternary nitrogens is 1. The Kier molecular flexibility index (Phi) is 6.50. The molecule has 0 spiro atoms. The van der Waals surface area contributed by atoms with E-state index in [9.17, 15) is 33.7 Å². The molecule has 1 amide bonds. The van der Waals surface area contributed by atoms with Crippen molar-refractivity contribution in [2.75, 3.05) is 6.61 Å². The Balaban J connectivity index is 0.00000312. The quantitative estimate of drug-likeness (QED) is 0.321. The first kappa shape index (κ1) is 21.3. The second-order valence-corrected chi connectivity index (χ2v) is 5.99. The van der Waals surface area contributed by atoms with Gasteiger partial charge in [-0.2, -0.15) is 4.39 Å². The maximum atomic E-state index is 13.4. The largest absolute Gasteiger partial charge is 0.756 e.